The Hall–Kier alpha value is -2.03. The molecule has 3 aromatic rings. The number of hydrogen-bond acceptors (Lipinski definition) is 4. The van der Waals surface area contributed by atoms with E-state index >= 15 is 0 Å². The Labute approximate surface area is 129 Å². The number of aromatic nitrogens is 1. The van der Waals surface area contributed by atoms with Gasteiger partial charge in [-0.15, -0.1) is 0 Å². The fourth-order valence-electron chi connectivity index (χ4n) is 1.99. The van der Waals surface area contributed by atoms with Gasteiger partial charge in [0.25, 0.3) is 0 Å². The van der Waals surface area contributed by atoms with Crippen molar-refractivity contribution in [2.75, 3.05) is 0 Å². The molecule has 0 saturated heterocycles. The highest BCUT2D eigenvalue weighted by molar-refractivity contribution is 7.89. The van der Waals surface area contributed by atoms with E-state index in [9.17, 15) is 17.6 Å². The van der Waals surface area contributed by atoms with Crippen LogP contribution in [0.1, 0.15) is 5.56 Å². The summed E-state index contributed by atoms with van der Waals surface area (Å²) < 4.78 is 40.9. The van der Waals surface area contributed by atoms with Crippen LogP contribution in [0.2, 0.25) is 0 Å². The number of halogens is 1. The van der Waals surface area contributed by atoms with E-state index in [1.54, 1.807) is 6.07 Å². The molecular weight excluding hydrogens is 327 g/mol. The monoisotopic (exact) mass is 338 g/mol. The normalized spacial score (nSPS) is 11.9. The van der Waals surface area contributed by atoms with Gasteiger partial charge in [-0.05, 0) is 24.3 Å². The largest absolute Gasteiger partial charge is 0.312 e. The zero-order valence-electron chi connectivity index (χ0n) is 11.2. The van der Waals surface area contributed by atoms with Gasteiger partial charge >= 0.3 is 4.87 Å². The van der Waals surface area contributed by atoms with Crippen LogP contribution in [0.5, 0.6) is 0 Å². The molecule has 0 atom stereocenters. The predicted molar refractivity (Wildman–Crippen MR) is 82.9 cm³/mol. The number of benzene rings is 2. The first-order chi connectivity index (χ1) is 10.5. The summed E-state index contributed by atoms with van der Waals surface area (Å²) in [7, 11) is -3.78. The number of hydrogen-bond donors (Lipinski definition) is 2. The number of rotatable bonds is 4. The summed E-state index contributed by atoms with van der Waals surface area (Å²) in [6.07, 6.45) is 0. The standard InChI is InChI=1S/C14H11FN2O3S2/c15-11-4-2-1-3-9(11)8-16-22(19,20)10-5-6-12-13(7-10)21-14(18)17-12/h1-7,16H,8H2,(H,17,18). The quantitative estimate of drug-likeness (QED) is 0.765. The molecule has 22 heavy (non-hydrogen) atoms. The van der Waals surface area contributed by atoms with Gasteiger partial charge in [0.1, 0.15) is 5.82 Å². The van der Waals surface area contributed by atoms with Crippen LogP contribution in [0.4, 0.5) is 4.39 Å². The molecule has 0 saturated carbocycles. The lowest BCUT2D eigenvalue weighted by Gasteiger charge is -2.07. The van der Waals surface area contributed by atoms with Crippen LogP contribution >= 0.6 is 11.3 Å². The second kappa shape index (κ2) is 5.64. The first-order valence-corrected chi connectivity index (χ1v) is 8.62. The molecule has 0 radical (unpaired) electrons. The van der Waals surface area contributed by atoms with Crippen molar-refractivity contribution >= 4 is 31.6 Å². The Morgan fingerprint density at radius 1 is 1.18 bits per heavy atom. The number of sulfonamides is 1. The molecule has 5 nitrogen and oxygen atoms in total. The van der Waals surface area contributed by atoms with Crippen LogP contribution in [0.25, 0.3) is 10.2 Å². The lowest BCUT2D eigenvalue weighted by molar-refractivity contribution is 0.574. The molecule has 0 aliphatic carbocycles. The maximum absolute atomic E-state index is 13.5. The molecule has 3 rings (SSSR count). The molecular formula is C14H11FN2O3S2. The van der Waals surface area contributed by atoms with Crippen LogP contribution in [0, 0.1) is 5.82 Å². The molecule has 0 spiro atoms. The van der Waals surface area contributed by atoms with E-state index in [0.717, 1.165) is 11.3 Å². The van der Waals surface area contributed by atoms with E-state index in [1.165, 1.54) is 36.4 Å². The van der Waals surface area contributed by atoms with Crippen molar-refractivity contribution in [3.8, 4) is 0 Å². The number of aromatic amines is 1. The highest BCUT2D eigenvalue weighted by Crippen LogP contribution is 2.19. The minimum atomic E-state index is -3.78. The van der Waals surface area contributed by atoms with E-state index in [-0.39, 0.29) is 21.9 Å². The molecule has 2 aromatic carbocycles. The molecule has 1 aromatic heterocycles. The number of H-pyrrole nitrogens is 1. The fraction of sp³-hybridized carbons (Fsp3) is 0.0714. The van der Waals surface area contributed by atoms with E-state index in [4.69, 9.17) is 0 Å². The summed E-state index contributed by atoms with van der Waals surface area (Å²) in [6, 6.07) is 10.3. The number of nitrogens with one attached hydrogen (secondary N) is 2. The van der Waals surface area contributed by atoms with Crippen LogP contribution in [-0.2, 0) is 16.6 Å². The average molecular weight is 338 g/mol. The molecule has 0 aliphatic heterocycles. The molecule has 0 bridgehead atoms. The van der Waals surface area contributed by atoms with Gasteiger partial charge in [0.2, 0.25) is 10.0 Å². The Morgan fingerprint density at radius 2 is 1.95 bits per heavy atom. The highest BCUT2D eigenvalue weighted by atomic mass is 32.2. The minimum absolute atomic E-state index is 0.0339. The minimum Gasteiger partial charge on any atom is -0.312 e. The van der Waals surface area contributed by atoms with Crippen molar-refractivity contribution in [3.05, 3.63) is 63.5 Å². The number of fused-ring (bicyclic) bond motifs is 1. The Kier molecular flexibility index (Phi) is 3.81. The van der Waals surface area contributed by atoms with Crippen molar-refractivity contribution in [2.24, 2.45) is 0 Å². The topological polar surface area (TPSA) is 79.0 Å². The molecule has 0 aliphatic rings. The van der Waals surface area contributed by atoms with Crippen LogP contribution < -0.4 is 9.60 Å². The van der Waals surface area contributed by atoms with Crippen LogP contribution in [0.3, 0.4) is 0 Å². The number of thiazole rings is 1. The molecule has 2 N–H and O–H groups in total. The first kappa shape index (κ1) is 14.9. The summed E-state index contributed by atoms with van der Waals surface area (Å²) in [5.74, 6) is -0.468. The fourth-order valence-corrected chi connectivity index (χ4v) is 3.87. The van der Waals surface area contributed by atoms with Crippen molar-refractivity contribution in [3.63, 3.8) is 0 Å². The third-order valence-corrected chi connectivity index (χ3v) is 5.36. The van der Waals surface area contributed by atoms with Crippen molar-refractivity contribution < 1.29 is 12.8 Å². The van der Waals surface area contributed by atoms with Crippen molar-refractivity contribution in [1.82, 2.24) is 9.71 Å². The Bertz CT molecular complexity index is 992. The molecule has 0 fully saturated rings. The predicted octanol–water partition coefficient (Wildman–Crippen LogP) is 2.21. The second-order valence-electron chi connectivity index (χ2n) is 4.59. The van der Waals surface area contributed by atoms with Gasteiger partial charge in [-0.3, -0.25) is 4.79 Å². The maximum atomic E-state index is 13.5. The summed E-state index contributed by atoms with van der Waals surface area (Å²) in [6.45, 7) is -0.142. The molecule has 114 valence electrons. The van der Waals surface area contributed by atoms with Gasteiger partial charge in [-0.2, -0.15) is 0 Å². The van der Waals surface area contributed by atoms with E-state index < -0.39 is 15.8 Å². The van der Waals surface area contributed by atoms with Gasteiger partial charge in [0.05, 0.1) is 15.1 Å². The molecule has 0 unspecified atom stereocenters. The lowest BCUT2D eigenvalue weighted by atomic mass is 10.2. The third kappa shape index (κ3) is 2.94. The van der Waals surface area contributed by atoms with Gasteiger partial charge in [0, 0.05) is 12.1 Å². The van der Waals surface area contributed by atoms with Crippen molar-refractivity contribution in [1.29, 1.82) is 0 Å². The SMILES string of the molecule is O=c1[nH]c2ccc(S(=O)(=O)NCc3ccccc3F)cc2s1. The maximum Gasteiger partial charge on any atom is 0.305 e. The smallest absolute Gasteiger partial charge is 0.305 e. The van der Waals surface area contributed by atoms with E-state index in [2.05, 4.69) is 9.71 Å². The van der Waals surface area contributed by atoms with Gasteiger partial charge in [-0.25, -0.2) is 17.5 Å². The van der Waals surface area contributed by atoms with E-state index in [0.29, 0.717) is 10.2 Å². The third-order valence-electron chi connectivity index (χ3n) is 3.11. The Balaban J connectivity index is 1.88. The highest BCUT2D eigenvalue weighted by Gasteiger charge is 2.16. The zero-order valence-corrected chi connectivity index (χ0v) is 12.8. The van der Waals surface area contributed by atoms with Gasteiger partial charge < -0.3 is 4.98 Å². The van der Waals surface area contributed by atoms with Crippen LogP contribution in [0.15, 0.2) is 52.2 Å². The molecule has 1 heterocycles. The average Bonchev–Trinajstić information content (AvgIpc) is 2.85. The second-order valence-corrected chi connectivity index (χ2v) is 7.37. The van der Waals surface area contributed by atoms with Crippen molar-refractivity contribution in [2.45, 2.75) is 11.4 Å². The summed E-state index contributed by atoms with van der Waals surface area (Å²) >= 11 is 0.936. The van der Waals surface area contributed by atoms with Crippen LogP contribution in [-0.4, -0.2) is 13.4 Å². The first-order valence-electron chi connectivity index (χ1n) is 6.32. The summed E-state index contributed by atoms with van der Waals surface area (Å²) in [5, 5.41) is 0. The molecule has 0 amide bonds. The Morgan fingerprint density at radius 3 is 2.73 bits per heavy atom. The van der Waals surface area contributed by atoms with Gasteiger partial charge in [0.15, 0.2) is 0 Å². The van der Waals surface area contributed by atoms with Gasteiger partial charge in [-0.1, -0.05) is 29.5 Å². The lowest BCUT2D eigenvalue weighted by Crippen LogP contribution is -2.23. The summed E-state index contributed by atoms with van der Waals surface area (Å²) in [4.78, 5) is 13.6. The summed E-state index contributed by atoms with van der Waals surface area (Å²) in [5.41, 5.74) is 0.849. The van der Waals surface area contributed by atoms with E-state index in [1.807, 2.05) is 0 Å². The zero-order chi connectivity index (χ0) is 15.7. The molecule has 8 heteroatoms.